The van der Waals surface area contributed by atoms with Crippen molar-refractivity contribution in [2.75, 3.05) is 25.1 Å². The number of carbonyl (C=O) groups is 2. The molecule has 0 aliphatic rings. The van der Waals surface area contributed by atoms with Crippen LogP contribution in [0.1, 0.15) is 99.8 Å². The molecule has 6 N–H and O–H groups in total. The van der Waals surface area contributed by atoms with Gasteiger partial charge in [-0.15, -0.1) is 0 Å². The Morgan fingerprint density at radius 3 is 1.37 bits per heavy atom. The lowest BCUT2D eigenvalue weighted by Gasteiger charge is -2.14. The summed E-state index contributed by atoms with van der Waals surface area (Å²) in [5.41, 5.74) is 16.3. The molecule has 0 unspecified atom stereocenters. The number of amides is 1. The number of rotatable bonds is 21. The molecule has 21 nitrogen and oxygen atoms in total. The first-order valence-electron chi connectivity index (χ1n) is 34.1. The predicted molar refractivity (Wildman–Crippen MR) is 398 cm³/mol. The van der Waals surface area contributed by atoms with Crippen molar-refractivity contribution in [1.82, 2.24) is 48.9 Å². The maximum Gasteiger partial charge on any atom is 0.222 e. The summed E-state index contributed by atoms with van der Waals surface area (Å²) in [6.45, 7) is 19.7. The zero-order valence-electron chi connectivity index (χ0n) is 60.0. The number of nitriles is 1. The number of nitrogens with zero attached hydrogens (tertiary/aromatic N) is 11. The molecular weight excluding hydrogens is 1340 g/mol. The second kappa shape index (κ2) is 34.0. The van der Waals surface area contributed by atoms with Crippen LogP contribution in [0.4, 0.5) is 19.0 Å². The first-order valence-corrected chi connectivity index (χ1v) is 34.1. The minimum atomic E-state index is -0.482. The number of benzene rings is 8. The SMILES string of the molecule is CC(=O)Nc1cc(C(C)(C)C)nn1-c1ccc(C)cc1.Cc1ccc(-n2nc(C(C)(C)C)cc2CC(=O)CCc2cc(F)ccc2Oc2ccc3c(cnn3CCO)c2)cc1.N#Cc1cc(F)ccc1Oc1ccc2c(cnn2CCO)c1.NCc1cc(F)ccc1Oc1ccc2c(cnn2CCO)c1. The number of Topliss-reactive ketones (excluding diaryl/α,β-unsaturated/α-hetero) is 1. The van der Waals surface area contributed by atoms with Gasteiger partial charge in [0.25, 0.3) is 0 Å². The first kappa shape index (κ1) is 75.9. The van der Waals surface area contributed by atoms with Crippen LogP contribution in [0, 0.1) is 42.6 Å². The van der Waals surface area contributed by atoms with Gasteiger partial charge in [0.15, 0.2) is 0 Å². The molecule has 0 aliphatic heterocycles. The summed E-state index contributed by atoms with van der Waals surface area (Å²) in [5.74, 6) is 2.49. The van der Waals surface area contributed by atoms with Gasteiger partial charge in [-0.1, -0.05) is 76.9 Å². The van der Waals surface area contributed by atoms with E-state index in [0.29, 0.717) is 77.5 Å². The third-order valence-corrected chi connectivity index (χ3v) is 16.7. The van der Waals surface area contributed by atoms with Crippen molar-refractivity contribution in [2.45, 2.75) is 119 Å². The molecule has 5 heterocycles. The van der Waals surface area contributed by atoms with Crippen LogP contribution in [0.15, 0.2) is 188 Å². The fraction of sp³-hybridized carbons (Fsp3) is 0.259. The number of ether oxygens (including phenoxy) is 3. The lowest BCUT2D eigenvalue weighted by molar-refractivity contribution is -0.118. The van der Waals surface area contributed by atoms with Crippen LogP contribution in [0.25, 0.3) is 44.1 Å². The Labute approximate surface area is 606 Å². The standard InChI is InChI=1S/C33H35FN4O3.C16H16FN3O2.C16H12FN3O2.C16H21N3O/c1-22-5-9-26(10-6-22)38-27(20-32(36-38)33(2,3)4)19-28(40)11-7-23-17-25(34)8-14-31(23)41-29-12-13-30-24(18-29)21-35-37(30)15-16-39;2*17-13-1-4-16(11(7-13)9-18)22-14-2-3-15-12(8-14)10-19-20(15)5-6-21;1-11-6-8-13(9-7-11)19-15(17-12(2)20)10-14(18-19)16(3,4)5/h5-6,8-10,12-14,17-18,20-21,39H,7,11,15-16,19H2,1-4H3;1-4,7-8,10,21H,5-6,9,18H2;1-4,7-8,10,21H,5-6H2;6-10H,1-5H3,(H,17,20). The van der Waals surface area contributed by atoms with Gasteiger partial charge in [0.2, 0.25) is 5.91 Å². The Kier molecular flexibility index (Phi) is 24.6. The summed E-state index contributed by atoms with van der Waals surface area (Å²) in [7, 11) is 0. The molecule has 13 rings (SSSR count). The molecule has 13 aromatic rings. The Bertz CT molecular complexity index is 5210. The minimum absolute atomic E-state index is 0.00125. The monoisotopic (exact) mass is 1420 g/mol. The van der Waals surface area contributed by atoms with Crippen LogP contribution in [0.3, 0.4) is 0 Å². The van der Waals surface area contributed by atoms with Crippen molar-refractivity contribution >= 4 is 50.2 Å². The summed E-state index contributed by atoms with van der Waals surface area (Å²) in [4.78, 5) is 24.6. The summed E-state index contributed by atoms with van der Waals surface area (Å²) in [6, 6.07) is 50.9. The summed E-state index contributed by atoms with van der Waals surface area (Å²) in [5, 5.41) is 63.9. The van der Waals surface area contributed by atoms with Gasteiger partial charge in [0.05, 0.1) is 109 Å². The van der Waals surface area contributed by atoms with Crippen molar-refractivity contribution in [3.8, 4) is 51.9 Å². The van der Waals surface area contributed by atoms with E-state index in [1.807, 2.05) is 128 Å². The average molecular weight is 1420 g/mol. The molecule has 105 heavy (non-hydrogen) atoms. The molecule has 0 bridgehead atoms. The van der Waals surface area contributed by atoms with Crippen molar-refractivity contribution in [1.29, 1.82) is 5.26 Å². The highest BCUT2D eigenvalue weighted by molar-refractivity contribution is 5.88. The molecule has 24 heteroatoms. The number of hydrogen-bond donors (Lipinski definition) is 5. The van der Waals surface area contributed by atoms with E-state index in [9.17, 15) is 27.9 Å². The number of nitrogens with one attached hydrogen (secondary N) is 1. The van der Waals surface area contributed by atoms with Crippen LogP contribution in [-0.4, -0.2) is 95.7 Å². The topological polar surface area (TPSA) is 273 Å². The zero-order valence-corrected chi connectivity index (χ0v) is 60.0. The van der Waals surface area contributed by atoms with Crippen molar-refractivity contribution in [3.63, 3.8) is 0 Å². The maximum absolute atomic E-state index is 14.2. The maximum atomic E-state index is 14.2. The predicted octanol–water partition coefficient (Wildman–Crippen LogP) is 15.2. The molecule has 1 amide bonds. The number of aliphatic hydroxyl groups is 3. The number of fused-ring (bicyclic) bond motifs is 3. The lowest BCUT2D eigenvalue weighted by Crippen LogP contribution is -2.13. The Morgan fingerprint density at radius 2 is 0.933 bits per heavy atom. The van der Waals surface area contributed by atoms with Crippen LogP contribution in [-0.2, 0) is 59.4 Å². The number of aliphatic hydroxyl groups excluding tert-OH is 3. The first-order chi connectivity index (χ1) is 50.3. The third kappa shape index (κ3) is 19.7. The number of aromatic nitrogens is 10. The normalized spacial score (nSPS) is 11.3. The van der Waals surface area contributed by atoms with Crippen LogP contribution >= 0.6 is 0 Å². The molecule has 0 aliphatic carbocycles. The Hall–Kier alpha value is -11.8. The van der Waals surface area contributed by atoms with Crippen molar-refractivity contribution in [3.05, 3.63) is 251 Å². The van der Waals surface area contributed by atoms with E-state index in [1.54, 1.807) is 61.6 Å². The number of ketones is 1. The minimum Gasteiger partial charge on any atom is -0.457 e. The number of aryl methyl sites for hydroxylation is 3. The van der Waals surface area contributed by atoms with Gasteiger partial charge in [0.1, 0.15) is 69.6 Å². The highest BCUT2D eigenvalue weighted by atomic mass is 19.1. The molecule has 0 saturated heterocycles. The van der Waals surface area contributed by atoms with E-state index in [2.05, 4.69) is 67.3 Å². The smallest absolute Gasteiger partial charge is 0.222 e. The fourth-order valence-electron chi connectivity index (χ4n) is 11.2. The van der Waals surface area contributed by atoms with Gasteiger partial charge < -0.3 is 40.6 Å². The van der Waals surface area contributed by atoms with E-state index in [4.69, 9.17) is 40.5 Å². The summed E-state index contributed by atoms with van der Waals surface area (Å²) >= 11 is 0. The van der Waals surface area contributed by atoms with E-state index in [1.165, 1.54) is 48.9 Å². The van der Waals surface area contributed by atoms with E-state index in [-0.39, 0.29) is 78.9 Å². The van der Waals surface area contributed by atoms with Gasteiger partial charge in [-0.25, -0.2) is 22.5 Å². The van der Waals surface area contributed by atoms with Gasteiger partial charge in [0, 0.05) is 64.9 Å². The molecule has 0 radical (unpaired) electrons. The molecule has 8 aromatic carbocycles. The molecule has 0 spiro atoms. The van der Waals surface area contributed by atoms with Crippen molar-refractivity contribution in [2.24, 2.45) is 5.73 Å². The van der Waals surface area contributed by atoms with Crippen LogP contribution in [0.2, 0.25) is 0 Å². The lowest BCUT2D eigenvalue weighted by atomic mass is 9.92. The second-order valence-electron chi connectivity index (χ2n) is 27.0. The van der Waals surface area contributed by atoms with E-state index < -0.39 is 5.82 Å². The molecule has 5 aromatic heterocycles. The average Bonchev–Trinajstić information content (AvgIpc) is 1.70. The number of carbonyl (C=O) groups excluding carboxylic acids is 2. The summed E-state index contributed by atoms with van der Waals surface area (Å²) in [6.07, 6.45) is 5.90. The summed E-state index contributed by atoms with van der Waals surface area (Å²) < 4.78 is 66.9. The van der Waals surface area contributed by atoms with E-state index in [0.717, 1.165) is 72.8 Å². The number of anilines is 1. The van der Waals surface area contributed by atoms with Gasteiger partial charge in [-0.3, -0.25) is 23.6 Å². The van der Waals surface area contributed by atoms with Crippen LogP contribution in [0.5, 0.6) is 34.5 Å². The highest BCUT2D eigenvalue weighted by Crippen LogP contribution is 2.34. The fourth-order valence-corrected chi connectivity index (χ4v) is 11.2. The number of nitrogens with two attached hydrogens (primary N) is 1. The second-order valence-corrected chi connectivity index (χ2v) is 27.0. The van der Waals surface area contributed by atoms with Gasteiger partial charge in [-0.05, 0) is 165 Å². The molecule has 0 saturated carbocycles. The van der Waals surface area contributed by atoms with Gasteiger partial charge in [-0.2, -0.15) is 30.8 Å². The molecule has 0 fully saturated rings. The Morgan fingerprint density at radius 1 is 0.524 bits per heavy atom. The molecule has 542 valence electrons. The van der Waals surface area contributed by atoms with Crippen LogP contribution < -0.4 is 25.3 Å². The number of halogens is 3. The molecular formula is C81H84F3N13O8. The largest absolute Gasteiger partial charge is 0.457 e. The van der Waals surface area contributed by atoms with Crippen molar-refractivity contribution < 1.29 is 52.3 Å². The highest BCUT2D eigenvalue weighted by Gasteiger charge is 2.24. The van der Waals surface area contributed by atoms with E-state index >= 15 is 0 Å². The quantitative estimate of drug-likeness (QED) is 0.0447. The molecule has 0 atom stereocenters. The zero-order chi connectivity index (χ0) is 75.1. The Balaban J connectivity index is 0.000000158. The van der Waals surface area contributed by atoms with Gasteiger partial charge >= 0.3 is 0 Å². The number of hydrogen-bond acceptors (Lipinski definition) is 15. The third-order valence-electron chi connectivity index (χ3n) is 16.7.